The van der Waals surface area contributed by atoms with Gasteiger partial charge in [0.05, 0.1) is 25.9 Å². The van der Waals surface area contributed by atoms with Crippen LogP contribution in [0.1, 0.15) is 10.4 Å². The van der Waals surface area contributed by atoms with Crippen molar-refractivity contribution >= 4 is 5.97 Å². The van der Waals surface area contributed by atoms with Crippen LogP contribution in [0, 0.1) is 0 Å². The first-order chi connectivity index (χ1) is 9.29. The maximum atomic E-state index is 11.3. The van der Waals surface area contributed by atoms with Crippen LogP contribution in [0.2, 0.25) is 0 Å². The van der Waals surface area contributed by atoms with Crippen molar-refractivity contribution in [3.05, 3.63) is 29.8 Å². The van der Waals surface area contributed by atoms with Crippen molar-refractivity contribution in [3.8, 4) is 5.75 Å². The predicted molar refractivity (Wildman–Crippen MR) is 70.5 cm³/mol. The average molecular weight is 265 g/mol. The molecular formula is C14H19NO4. The highest BCUT2D eigenvalue weighted by Gasteiger charge is 2.10. The van der Waals surface area contributed by atoms with Gasteiger partial charge in [-0.15, -0.1) is 0 Å². The molecule has 0 aromatic heterocycles. The second-order valence-corrected chi connectivity index (χ2v) is 4.32. The third-order valence-corrected chi connectivity index (χ3v) is 3.06. The number of hydrogen-bond acceptors (Lipinski definition) is 5. The Morgan fingerprint density at radius 1 is 1.26 bits per heavy atom. The molecular weight excluding hydrogens is 246 g/mol. The van der Waals surface area contributed by atoms with Gasteiger partial charge in [-0.3, -0.25) is 4.90 Å². The maximum Gasteiger partial charge on any atom is 0.337 e. The lowest BCUT2D eigenvalue weighted by atomic mass is 10.2. The van der Waals surface area contributed by atoms with E-state index < -0.39 is 0 Å². The van der Waals surface area contributed by atoms with Crippen molar-refractivity contribution in [2.75, 3.05) is 46.6 Å². The summed E-state index contributed by atoms with van der Waals surface area (Å²) in [5.41, 5.74) is 0.531. The van der Waals surface area contributed by atoms with Crippen LogP contribution >= 0.6 is 0 Å². The molecule has 5 heteroatoms. The minimum atomic E-state index is -0.333. The fraction of sp³-hybridized carbons (Fsp3) is 0.500. The van der Waals surface area contributed by atoms with Gasteiger partial charge in [-0.05, 0) is 24.3 Å². The quantitative estimate of drug-likeness (QED) is 0.748. The molecule has 1 heterocycles. The number of ether oxygens (including phenoxy) is 3. The number of carbonyl (C=O) groups excluding carboxylic acids is 1. The molecule has 1 saturated heterocycles. The topological polar surface area (TPSA) is 48.0 Å². The third kappa shape index (κ3) is 4.22. The normalized spacial score (nSPS) is 16.1. The number of rotatable bonds is 5. The molecule has 1 aliphatic heterocycles. The smallest absolute Gasteiger partial charge is 0.337 e. The number of morpholine rings is 1. The zero-order valence-electron chi connectivity index (χ0n) is 11.1. The summed E-state index contributed by atoms with van der Waals surface area (Å²) in [6, 6.07) is 6.98. The number of nitrogens with zero attached hydrogens (tertiary/aromatic N) is 1. The summed E-state index contributed by atoms with van der Waals surface area (Å²) >= 11 is 0. The summed E-state index contributed by atoms with van der Waals surface area (Å²) in [7, 11) is 1.37. The van der Waals surface area contributed by atoms with Gasteiger partial charge in [0.25, 0.3) is 0 Å². The highest BCUT2D eigenvalue weighted by Crippen LogP contribution is 2.12. The van der Waals surface area contributed by atoms with Crippen LogP contribution in [0.4, 0.5) is 0 Å². The van der Waals surface area contributed by atoms with E-state index in [0.29, 0.717) is 12.2 Å². The lowest BCUT2D eigenvalue weighted by molar-refractivity contribution is 0.0322. The van der Waals surface area contributed by atoms with E-state index in [0.717, 1.165) is 38.6 Å². The molecule has 0 bridgehead atoms. The molecule has 0 spiro atoms. The summed E-state index contributed by atoms with van der Waals surface area (Å²) in [4.78, 5) is 13.6. The fourth-order valence-electron chi connectivity index (χ4n) is 1.92. The van der Waals surface area contributed by atoms with Gasteiger partial charge in [-0.25, -0.2) is 4.79 Å². The minimum absolute atomic E-state index is 0.333. The Labute approximate surface area is 113 Å². The first-order valence-corrected chi connectivity index (χ1v) is 6.41. The number of benzene rings is 1. The molecule has 1 aromatic carbocycles. The van der Waals surface area contributed by atoms with Crippen LogP contribution in [0.25, 0.3) is 0 Å². The fourth-order valence-corrected chi connectivity index (χ4v) is 1.92. The van der Waals surface area contributed by atoms with E-state index in [9.17, 15) is 4.79 Å². The van der Waals surface area contributed by atoms with Crippen molar-refractivity contribution in [1.82, 2.24) is 4.90 Å². The van der Waals surface area contributed by atoms with Gasteiger partial charge in [0.15, 0.2) is 0 Å². The van der Waals surface area contributed by atoms with E-state index in [2.05, 4.69) is 9.64 Å². The standard InChI is InChI=1S/C14H19NO4/c1-17-14(16)12-2-4-13(5-3-12)19-11-8-15-6-9-18-10-7-15/h2-5H,6-11H2,1H3. The molecule has 0 saturated carbocycles. The Morgan fingerprint density at radius 2 is 1.95 bits per heavy atom. The van der Waals surface area contributed by atoms with Crippen LogP contribution in [0.5, 0.6) is 5.75 Å². The van der Waals surface area contributed by atoms with Crippen LogP contribution in [-0.2, 0) is 9.47 Å². The molecule has 19 heavy (non-hydrogen) atoms. The Balaban J connectivity index is 1.75. The number of esters is 1. The van der Waals surface area contributed by atoms with Crippen molar-refractivity contribution in [2.45, 2.75) is 0 Å². The van der Waals surface area contributed by atoms with Crippen molar-refractivity contribution in [1.29, 1.82) is 0 Å². The van der Waals surface area contributed by atoms with E-state index in [1.807, 2.05) is 0 Å². The summed E-state index contributed by atoms with van der Waals surface area (Å²) in [6.07, 6.45) is 0. The SMILES string of the molecule is COC(=O)c1ccc(OCCN2CCOCC2)cc1. The molecule has 0 aliphatic carbocycles. The van der Waals surface area contributed by atoms with E-state index in [-0.39, 0.29) is 5.97 Å². The van der Waals surface area contributed by atoms with Crippen molar-refractivity contribution in [3.63, 3.8) is 0 Å². The van der Waals surface area contributed by atoms with Crippen LogP contribution < -0.4 is 4.74 Å². The predicted octanol–water partition coefficient (Wildman–Crippen LogP) is 1.18. The molecule has 0 unspecified atom stereocenters. The number of methoxy groups -OCH3 is 1. The lowest BCUT2D eigenvalue weighted by Gasteiger charge is -2.26. The minimum Gasteiger partial charge on any atom is -0.492 e. The highest BCUT2D eigenvalue weighted by molar-refractivity contribution is 5.89. The zero-order chi connectivity index (χ0) is 13.5. The second-order valence-electron chi connectivity index (χ2n) is 4.32. The van der Waals surface area contributed by atoms with Gasteiger partial charge >= 0.3 is 5.97 Å². The first-order valence-electron chi connectivity index (χ1n) is 6.41. The summed E-state index contributed by atoms with van der Waals surface area (Å²) in [5.74, 6) is 0.431. The molecule has 1 fully saturated rings. The van der Waals surface area contributed by atoms with Gasteiger partial charge in [-0.1, -0.05) is 0 Å². The molecule has 5 nitrogen and oxygen atoms in total. The number of carbonyl (C=O) groups is 1. The molecule has 0 atom stereocenters. The molecule has 0 amide bonds. The Hall–Kier alpha value is -1.59. The van der Waals surface area contributed by atoms with Crippen molar-refractivity contribution < 1.29 is 19.0 Å². The third-order valence-electron chi connectivity index (χ3n) is 3.06. The van der Waals surface area contributed by atoms with Crippen LogP contribution in [0.15, 0.2) is 24.3 Å². The Bertz CT molecular complexity index is 398. The summed E-state index contributed by atoms with van der Waals surface area (Å²) in [6.45, 7) is 5.05. The molecule has 1 aliphatic rings. The molecule has 1 aromatic rings. The zero-order valence-corrected chi connectivity index (χ0v) is 11.1. The molecule has 0 N–H and O–H groups in total. The van der Waals surface area contributed by atoms with E-state index in [4.69, 9.17) is 9.47 Å². The Morgan fingerprint density at radius 3 is 2.58 bits per heavy atom. The lowest BCUT2D eigenvalue weighted by Crippen LogP contribution is -2.38. The first kappa shape index (κ1) is 13.8. The average Bonchev–Trinajstić information content (AvgIpc) is 2.48. The summed E-state index contributed by atoms with van der Waals surface area (Å²) in [5, 5.41) is 0. The van der Waals surface area contributed by atoms with Gasteiger partial charge in [0, 0.05) is 19.6 Å². The van der Waals surface area contributed by atoms with Crippen LogP contribution in [-0.4, -0.2) is 57.4 Å². The molecule has 2 rings (SSSR count). The number of hydrogen-bond donors (Lipinski definition) is 0. The van der Waals surface area contributed by atoms with Gasteiger partial charge in [0.2, 0.25) is 0 Å². The molecule has 0 radical (unpaired) electrons. The Kier molecular flexibility index (Phi) is 5.18. The van der Waals surface area contributed by atoms with Gasteiger partial charge in [0.1, 0.15) is 12.4 Å². The van der Waals surface area contributed by atoms with E-state index in [1.54, 1.807) is 24.3 Å². The van der Waals surface area contributed by atoms with Gasteiger partial charge in [-0.2, -0.15) is 0 Å². The maximum absolute atomic E-state index is 11.3. The van der Waals surface area contributed by atoms with Crippen LogP contribution in [0.3, 0.4) is 0 Å². The van der Waals surface area contributed by atoms with E-state index >= 15 is 0 Å². The summed E-state index contributed by atoms with van der Waals surface area (Å²) < 4.78 is 15.6. The largest absolute Gasteiger partial charge is 0.492 e. The molecule has 104 valence electrons. The highest BCUT2D eigenvalue weighted by atomic mass is 16.5. The van der Waals surface area contributed by atoms with E-state index in [1.165, 1.54) is 7.11 Å². The van der Waals surface area contributed by atoms with Gasteiger partial charge < -0.3 is 14.2 Å². The monoisotopic (exact) mass is 265 g/mol. The second kappa shape index (κ2) is 7.11. The van der Waals surface area contributed by atoms with Crippen molar-refractivity contribution in [2.24, 2.45) is 0 Å².